The summed E-state index contributed by atoms with van der Waals surface area (Å²) in [6.45, 7) is 7.46. The van der Waals surface area contributed by atoms with Gasteiger partial charge in [0.05, 0.1) is 6.54 Å². The minimum atomic E-state index is 0.463. The molecular formula is C6H10N2. The number of nitrogens with zero attached hydrogens (tertiary/aromatic N) is 1. The number of aliphatic imine (C=N–C) groups is 1. The van der Waals surface area contributed by atoms with Gasteiger partial charge in [-0.15, -0.1) is 6.58 Å². The van der Waals surface area contributed by atoms with E-state index >= 15 is 0 Å². The van der Waals surface area contributed by atoms with Crippen LogP contribution in [-0.4, -0.2) is 12.4 Å². The average molecular weight is 110 g/mol. The predicted octanol–water partition coefficient (Wildman–Crippen LogP) is 0.716. The molecule has 2 nitrogen and oxygen atoms in total. The summed E-state index contributed by atoms with van der Waals surface area (Å²) in [5.74, 6) is 0.463. The van der Waals surface area contributed by atoms with Crippen molar-refractivity contribution in [3.63, 3.8) is 0 Å². The van der Waals surface area contributed by atoms with Crippen LogP contribution in [0.15, 0.2) is 30.3 Å². The van der Waals surface area contributed by atoms with Crippen molar-refractivity contribution in [3.05, 3.63) is 25.3 Å². The molecule has 0 saturated heterocycles. The van der Waals surface area contributed by atoms with E-state index in [0.29, 0.717) is 12.4 Å². The highest BCUT2D eigenvalue weighted by atomic mass is 14.8. The Kier molecular flexibility index (Phi) is 3.58. The van der Waals surface area contributed by atoms with Gasteiger partial charge in [0.25, 0.3) is 0 Å². The predicted molar refractivity (Wildman–Crippen MR) is 36.9 cm³/mol. The van der Waals surface area contributed by atoms with Crippen LogP contribution in [0.25, 0.3) is 0 Å². The minimum Gasteiger partial charge on any atom is -0.384 e. The van der Waals surface area contributed by atoms with E-state index in [1.165, 1.54) is 6.08 Å². The lowest BCUT2D eigenvalue weighted by atomic mass is 10.5. The molecule has 0 aromatic rings. The lowest BCUT2D eigenvalue weighted by Crippen LogP contribution is -2.06. The summed E-state index contributed by atoms with van der Waals surface area (Å²) >= 11 is 0. The summed E-state index contributed by atoms with van der Waals surface area (Å²) < 4.78 is 0. The molecule has 0 atom stereocenters. The topological polar surface area (TPSA) is 38.4 Å². The fourth-order valence-corrected chi connectivity index (χ4v) is 0.235. The molecular weight excluding hydrogens is 100 g/mol. The maximum Gasteiger partial charge on any atom is 0.117 e. The van der Waals surface area contributed by atoms with Crippen LogP contribution in [0.2, 0.25) is 0 Å². The lowest BCUT2D eigenvalue weighted by molar-refractivity contribution is 1.24. The first-order chi connectivity index (χ1) is 3.81. The van der Waals surface area contributed by atoms with Gasteiger partial charge in [0.15, 0.2) is 0 Å². The van der Waals surface area contributed by atoms with Gasteiger partial charge in [0, 0.05) is 0 Å². The maximum absolute atomic E-state index is 5.24. The van der Waals surface area contributed by atoms with Gasteiger partial charge in [-0.2, -0.15) is 0 Å². The van der Waals surface area contributed by atoms with Crippen LogP contribution in [0.4, 0.5) is 0 Å². The molecule has 2 heteroatoms. The highest BCUT2D eigenvalue weighted by Gasteiger charge is 1.74. The number of rotatable bonds is 3. The van der Waals surface area contributed by atoms with Gasteiger partial charge in [0.1, 0.15) is 5.84 Å². The third-order valence-corrected chi connectivity index (χ3v) is 0.612. The Morgan fingerprint density at radius 3 is 2.62 bits per heavy atom. The molecule has 0 saturated carbocycles. The largest absolute Gasteiger partial charge is 0.384 e. The molecule has 0 rings (SSSR count). The van der Waals surface area contributed by atoms with Gasteiger partial charge in [-0.05, 0) is 6.08 Å². The third kappa shape index (κ3) is 3.15. The van der Waals surface area contributed by atoms with Crippen molar-refractivity contribution in [2.45, 2.75) is 0 Å². The summed E-state index contributed by atoms with van der Waals surface area (Å²) in [5, 5.41) is 0. The zero-order valence-corrected chi connectivity index (χ0v) is 4.80. The van der Waals surface area contributed by atoms with Crippen LogP contribution < -0.4 is 5.73 Å². The van der Waals surface area contributed by atoms with Gasteiger partial charge in [-0.1, -0.05) is 12.7 Å². The highest BCUT2D eigenvalue weighted by Crippen LogP contribution is 1.71. The van der Waals surface area contributed by atoms with E-state index in [0.717, 1.165) is 0 Å². The van der Waals surface area contributed by atoms with Crippen LogP contribution in [0, 0.1) is 0 Å². The van der Waals surface area contributed by atoms with Gasteiger partial charge in [0.2, 0.25) is 0 Å². The molecule has 0 aromatic heterocycles. The number of amidine groups is 1. The summed E-state index contributed by atoms with van der Waals surface area (Å²) in [6.07, 6.45) is 3.18. The first-order valence-electron chi connectivity index (χ1n) is 2.34. The van der Waals surface area contributed by atoms with Gasteiger partial charge in [-0.25, -0.2) is 0 Å². The fraction of sp³-hybridized carbons (Fsp3) is 0.167. The van der Waals surface area contributed by atoms with Crippen molar-refractivity contribution in [2.24, 2.45) is 10.7 Å². The van der Waals surface area contributed by atoms with Crippen molar-refractivity contribution >= 4 is 5.84 Å². The maximum atomic E-state index is 5.24. The molecule has 8 heavy (non-hydrogen) atoms. The summed E-state index contributed by atoms with van der Waals surface area (Å²) in [6, 6.07) is 0. The molecule has 0 aromatic carbocycles. The normalized spacial score (nSPS) is 10.8. The van der Waals surface area contributed by atoms with Crippen LogP contribution >= 0.6 is 0 Å². The first-order valence-corrected chi connectivity index (χ1v) is 2.34. The Morgan fingerprint density at radius 2 is 2.25 bits per heavy atom. The smallest absolute Gasteiger partial charge is 0.117 e. The van der Waals surface area contributed by atoms with Crippen LogP contribution in [0.3, 0.4) is 0 Å². The SMILES string of the molecule is C=CCN=C(N)C=C. The van der Waals surface area contributed by atoms with Crippen molar-refractivity contribution in [2.75, 3.05) is 6.54 Å². The van der Waals surface area contributed by atoms with E-state index in [1.807, 2.05) is 0 Å². The van der Waals surface area contributed by atoms with E-state index in [-0.39, 0.29) is 0 Å². The number of hydrogen-bond acceptors (Lipinski definition) is 1. The zero-order chi connectivity index (χ0) is 6.41. The zero-order valence-electron chi connectivity index (χ0n) is 4.80. The molecule has 0 aliphatic carbocycles. The molecule has 0 aliphatic heterocycles. The van der Waals surface area contributed by atoms with E-state index < -0.39 is 0 Å². The Labute approximate surface area is 49.4 Å². The second-order valence-corrected chi connectivity index (χ2v) is 1.26. The number of hydrogen-bond donors (Lipinski definition) is 1. The molecule has 0 radical (unpaired) electrons. The second kappa shape index (κ2) is 4.12. The average Bonchev–Trinajstić information content (AvgIpc) is 1.83. The number of nitrogens with two attached hydrogens (primary N) is 1. The van der Waals surface area contributed by atoms with Crippen LogP contribution in [-0.2, 0) is 0 Å². The Hall–Kier alpha value is -1.05. The van der Waals surface area contributed by atoms with E-state index in [9.17, 15) is 0 Å². The standard InChI is InChI=1S/C6H10N2/c1-3-5-8-6(7)4-2/h3-4H,1-2,5H2,(H2,7,8). The van der Waals surface area contributed by atoms with Crippen LogP contribution in [0.1, 0.15) is 0 Å². The van der Waals surface area contributed by atoms with Crippen molar-refractivity contribution in [1.82, 2.24) is 0 Å². The molecule has 0 amide bonds. The summed E-state index contributed by atoms with van der Waals surface area (Å²) in [7, 11) is 0. The third-order valence-electron chi connectivity index (χ3n) is 0.612. The summed E-state index contributed by atoms with van der Waals surface area (Å²) in [4.78, 5) is 3.82. The van der Waals surface area contributed by atoms with Gasteiger partial charge in [-0.3, -0.25) is 4.99 Å². The molecule has 0 fully saturated rings. The lowest BCUT2D eigenvalue weighted by Gasteiger charge is -1.85. The van der Waals surface area contributed by atoms with Gasteiger partial charge >= 0.3 is 0 Å². The molecule has 0 spiro atoms. The van der Waals surface area contributed by atoms with E-state index in [2.05, 4.69) is 18.2 Å². The van der Waals surface area contributed by atoms with Crippen molar-refractivity contribution in [3.8, 4) is 0 Å². The quantitative estimate of drug-likeness (QED) is 0.324. The monoisotopic (exact) mass is 110 g/mol. The minimum absolute atomic E-state index is 0.463. The molecule has 0 bridgehead atoms. The second-order valence-electron chi connectivity index (χ2n) is 1.26. The van der Waals surface area contributed by atoms with Crippen molar-refractivity contribution < 1.29 is 0 Å². The molecule has 0 heterocycles. The van der Waals surface area contributed by atoms with Gasteiger partial charge < -0.3 is 5.73 Å². The van der Waals surface area contributed by atoms with Crippen molar-refractivity contribution in [1.29, 1.82) is 0 Å². The van der Waals surface area contributed by atoms with E-state index in [1.54, 1.807) is 6.08 Å². The highest BCUT2D eigenvalue weighted by molar-refractivity contribution is 5.90. The Morgan fingerprint density at radius 1 is 1.62 bits per heavy atom. The Bertz CT molecular complexity index is 114. The molecule has 0 aliphatic rings. The molecule has 44 valence electrons. The fourth-order valence-electron chi connectivity index (χ4n) is 0.235. The summed E-state index contributed by atoms with van der Waals surface area (Å²) in [5.41, 5.74) is 5.24. The van der Waals surface area contributed by atoms with E-state index in [4.69, 9.17) is 5.73 Å². The molecule has 2 N–H and O–H groups in total. The van der Waals surface area contributed by atoms with Crippen LogP contribution in [0.5, 0.6) is 0 Å². The first kappa shape index (κ1) is 6.95. The molecule has 0 unspecified atom stereocenters. The Balaban J connectivity index is 3.56.